The molecule has 3 rings (SSSR count). The third kappa shape index (κ3) is 5.44. The first-order chi connectivity index (χ1) is 12.6. The molecule has 0 aliphatic carbocycles. The van der Waals surface area contributed by atoms with Crippen LogP contribution in [0, 0.1) is 17.2 Å². The number of hydrogen-bond acceptors (Lipinski definition) is 5. The van der Waals surface area contributed by atoms with Gasteiger partial charge in [-0.25, -0.2) is 0 Å². The minimum Gasteiger partial charge on any atom is -0.491 e. The molecular weight excluding hydrogens is 326 g/mol. The van der Waals surface area contributed by atoms with E-state index in [-0.39, 0.29) is 0 Å². The van der Waals surface area contributed by atoms with Crippen LogP contribution in [0.1, 0.15) is 32.3 Å². The summed E-state index contributed by atoms with van der Waals surface area (Å²) in [7, 11) is 0. The summed E-state index contributed by atoms with van der Waals surface area (Å²) < 4.78 is 11.7. The third-order valence-corrected chi connectivity index (χ3v) is 5.39. The number of piperidine rings is 1. The van der Waals surface area contributed by atoms with Crippen LogP contribution in [0.5, 0.6) is 5.75 Å². The Kier molecular flexibility index (Phi) is 6.90. The van der Waals surface area contributed by atoms with Crippen LogP contribution in [0.25, 0.3) is 0 Å². The van der Waals surface area contributed by atoms with Crippen LogP contribution in [0.15, 0.2) is 24.3 Å². The maximum absolute atomic E-state index is 9.11. The highest BCUT2D eigenvalue weighted by Gasteiger charge is 2.26. The van der Waals surface area contributed by atoms with Crippen molar-refractivity contribution in [2.75, 3.05) is 45.9 Å². The van der Waals surface area contributed by atoms with Crippen LogP contribution in [0.2, 0.25) is 0 Å². The number of likely N-dealkylation sites (tertiary alicyclic amines) is 1. The number of nitrogens with zero attached hydrogens (tertiary/aromatic N) is 3. The van der Waals surface area contributed by atoms with Gasteiger partial charge < -0.3 is 9.47 Å². The van der Waals surface area contributed by atoms with Gasteiger partial charge in [0.05, 0.1) is 17.8 Å². The van der Waals surface area contributed by atoms with Gasteiger partial charge in [0.1, 0.15) is 18.4 Å². The van der Waals surface area contributed by atoms with Crippen LogP contribution in [0.4, 0.5) is 0 Å². The second-order valence-electron chi connectivity index (χ2n) is 7.72. The zero-order valence-electron chi connectivity index (χ0n) is 16.1. The monoisotopic (exact) mass is 357 g/mol. The molecule has 2 saturated heterocycles. The zero-order chi connectivity index (χ0) is 18.4. The lowest BCUT2D eigenvalue weighted by Gasteiger charge is -2.39. The number of rotatable bonds is 6. The molecule has 2 fully saturated rings. The highest BCUT2D eigenvalue weighted by molar-refractivity contribution is 5.42. The second-order valence-corrected chi connectivity index (χ2v) is 7.72. The molecule has 1 aromatic rings. The van der Waals surface area contributed by atoms with Gasteiger partial charge in [-0.15, -0.1) is 0 Å². The molecule has 0 spiro atoms. The highest BCUT2D eigenvalue weighted by Crippen LogP contribution is 2.21. The van der Waals surface area contributed by atoms with Gasteiger partial charge in [-0.05, 0) is 57.8 Å². The van der Waals surface area contributed by atoms with Crippen molar-refractivity contribution in [3.8, 4) is 11.8 Å². The first-order valence-corrected chi connectivity index (χ1v) is 9.86. The maximum atomic E-state index is 9.11. The highest BCUT2D eigenvalue weighted by atomic mass is 16.5. The molecule has 1 aromatic carbocycles. The minimum atomic E-state index is 0.354. The Hall–Kier alpha value is -1.61. The topological polar surface area (TPSA) is 48.7 Å². The van der Waals surface area contributed by atoms with E-state index < -0.39 is 0 Å². The lowest BCUT2D eigenvalue weighted by atomic mass is 9.95. The van der Waals surface area contributed by atoms with Gasteiger partial charge in [0.25, 0.3) is 0 Å². The quantitative estimate of drug-likeness (QED) is 0.783. The van der Waals surface area contributed by atoms with E-state index in [1.165, 1.54) is 19.4 Å². The maximum Gasteiger partial charge on any atom is 0.137 e. The third-order valence-electron chi connectivity index (χ3n) is 5.39. The molecule has 5 nitrogen and oxygen atoms in total. The van der Waals surface area contributed by atoms with Gasteiger partial charge in [0.15, 0.2) is 0 Å². The standard InChI is InChI=1S/C21H31N3O2/c1-17-14-24(15-18(2)26-17)16-19-7-9-23(10-8-19)11-12-25-21-6-4-3-5-20(21)13-22/h3-6,17-19H,7-12,14-16H2,1-2H3/t17-,18-/m1/s1. The first kappa shape index (κ1) is 19.2. The van der Waals surface area contributed by atoms with Crippen LogP contribution in [0.3, 0.4) is 0 Å². The number of morpholine rings is 1. The lowest BCUT2D eigenvalue weighted by molar-refractivity contribution is -0.0732. The Bertz CT molecular complexity index is 598. The number of nitriles is 1. The predicted molar refractivity (Wildman–Crippen MR) is 102 cm³/mol. The predicted octanol–water partition coefficient (Wildman–Crippen LogP) is 2.76. The summed E-state index contributed by atoms with van der Waals surface area (Å²) in [6, 6.07) is 9.63. The molecule has 142 valence electrons. The van der Waals surface area contributed by atoms with Gasteiger partial charge in [-0.2, -0.15) is 5.26 Å². The second kappa shape index (κ2) is 9.36. The van der Waals surface area contributed by atoms with Gasteiger partial charge in [-0.3, -0.25) is 9.80 Å². The van der Waals surface area contributed by atoms with Crippen molar-refractivity contribution >= 4 is 0 Å². The van der Waals surface area contributed by atoms with E-state index in [0.29, 0.717) is 30.1 Å². The summed E-state index contributed by atoms with van der Waals surface area (Å²) in [6.07, 6.45) is 3.23. The Labute approximate surface area is 157 Å². The number of para-hydroxylation sites is 1. The van der Waals surface area contributed by atoms with Gasteiger partial charge >= 0.3 is 0 Å². The SMILES string of the molecule is C[C@@H]1CN(CC2CCN(CCOc3ccccc3C#N)CC2)C[C@@H](C)O1. The van der Waals surface area contributed by atoms with Gasteiger partial charge in [0.2, 0.25) is 0 Å². The average molecular weight is 357 g/mol. The van der Waals surface area contributed by atoms with Crippen molar-refractivity contribution < 1.29 is 9.47 Å². The van der Waals surface area contributed by atoms with E-state index in [4.69, 9.17) is 14.7 Å². The fourth-order valence-electron chi connectivity index (χ4n) is 4.16. The minimum absolute atomic E-state index is 0.354. The van der Waals surface area contributed by atoms with Crippen molar-refractivity contribution in [3.05, 3.63) is 29.8 Å². The normalized spacial score (nSPS) is 25.7. The van der Waals surface area contributed by atoms with E-state index >= 15 is 0 Å². The summed E-state index contributed by atoms with van der Waals surface area (Å²) in [5, 5.41) is 9.11. The van der Waals surface area contributed by atoms with E-state index in [1.54, 1.807) is 6.07 Å². The molecule has 0 saturated carbocycles. The molecule has 2 aliphatic rings. The Balaban J connectivity index is 1.36. The largest absolute Gasteiger partial charge is 0.491 e. The summed E-state index contributed by atoms with van der Waals surface area (Å²) in [5.74, 6) is 1.49. The number of hydrogen-bond donors (Lipinski definition) is 0. The first-order valence-electron chi connectivity index (χ1n) is 9.86. The molecule has 0 radical (unpaired) electrons. The van der Waals surface area contributed by atoms with E-state index in [9.17, 15) is 0 Å². The molecule has 0 N–H and O–H groups in total. The summed E-state index contributed by atoms with van der Waals surface area (Å²) in [6.45, 7) is 11.5. The molecule has 0 bridgehead atoms. The van der Waals surface area contributed by atoms with Gasteiger partial charge in [0, 0.05) is 26.2 Å². The smallest absolute Gasteiger partial charge is 0.137 e. The van der Waals surface area contributed by atoms with Crippen molar-refractivity contribution in [1.82, 2.24) is 9.80 Å². The van der Waals surface area contributed by atoms with E-state index in [2.05, 4.69) is 29.7 Å². The fourth-order valence-corrected chi connectivity index (χ4v) is 4.16. The molecule has 0 aromatic heterocycles. The molecule has 5 heteroatoms. The van der Waals surface area contributed by atoms with Crippen molar-refractivity contribution in [2.24, 2.45) is 5.92 Å². The summed E-state index contributed by atoms with van der Waals surface area (Å²) in [5.41, 5.74) is 0.611. The van der Waals surface area contributed by atoms with Crippen LogP contribution in [-0.2, 0) is 4.74 Å². The Morgan fingerprint density at radius 1 is 1.12 bits per heavy atom. The van der Waals surface area contributed by atoms with Crippen molar-refractivity contribution in [1.29, 1.82) is 5.26 Å². The average Bonchev–Trinajstić information content (AvgIpc) is 2.63. The number of benzene rings is 1. The zero-order valence-corrected chi connectivity index (χ0v) is 16.1. The Morgan fingerprint density at radius 2 is 1.81 bits per heavy atom. The molecular formula is C21H31N3O2. The van der Waals surface area contributed by atoms with Crippen molar-refractivity contribution in [3.63, 3.8) is 0 Å². The van der Waals surface area contributed by atoms with Crippen molar-refractivity contribution in [2.45, 2.75) is 38.9 Å². The molecule has 2 aliphatic heterocycles. The molecule has 26 heavy (non-hydrogen) atoms. The van der Waals surface area contributed by atoms with Crippen LogP contribution < -0.4 is 4.74 Å². The molecule has 0 amide bonds. The van der Waals surface area contributed by atoms with Crippen LogP contribution in [-0.4, -0.2) is 67.9 Å². The molecule has 2 heterocycles. The van der Waals surface area contributed by atoms with Crippen LogP contribution >= 0.6 is 0 Å². The summed E-state index contributed by atoms with van der Waals surface area (Å²) in [4.78, 5) is 5.07. The number of ether oxygens (including phenoxy) is 2. The summed E-state index contributed by atoms with van der Waals surface area (Å²) >= 11 is 0. The fraction of sp³-hybridized carbons (Fsp3) is 0.667. The lowest BCUT2D eigenvalue weighted by Crippen LogP contribution is -2.48. The Morgan fingerprint density at radius 3 is 2.50 bits per heavy atom. The molecule has 2 atom stereocenters. The van der Waals surface area contributed by atoms with E-state index in [0.717, 1.165) is 38.6 Å². The molecule has 0 unspecified atom stereocenters. The van der Waals surface area contributed by atoms with E-state index in [1.807, 2.05) is 18.2 Å². The van der Waals surface area contributed by atoms with Gasteiger partial charge in [-0.1, -0.05) is 12.1 Å².